The van der Waals surface area contributed by atoms with Gasteiger partial charge in [0.15, 0.2) is 0 Å². The average molecular weight is 450 g/mol. The van der Waals surface area contributed by atoms with E-state index in [9.17, 15) is 14.4 Å². The Morgan fingerprint density at radius 2 is 2.04 bits per heavy atom. The van der Waals surface area contributed by atoms with Crippen molar-refractivity contribution in [2.24, 2.45) is 0 Å². The first-order valence-corrected chi connectivity index (χ1v) is 9.36. The zero-order chi connectivity index (χ0) is 20.3. The number of H-pyrrole nitrogens is 1. The standard InChI is InChI=1S/C18H20BrN5O4/c1-11(25)23-9-15(24(10-23)16(26)8-21-18(27)28-2)17-20-7-14(22-17)12-3-5-13(19)6-4-12/h3-7,15H,8-10H2,1-2H3,(H,20,22)(H,21,27)/t15-/m0/s1. The highest BCUT2D eigenvalue weighted by Gasteiger charge is 2.37. The summed E-state index contributed by atoms with van der Waals surface area (Å²) in [5.74, 6) is 0.106. The second-order valence-corrected chi connectivity index (χ2v) is 7.20. The lowest BCUT2D eigenvalue weighted by molar-refractivity contribution is -0.133. The molecule has 1 aliphatic heterocycles. The molecule has 1 atom stereocenters. The fourth-order valence-electron chi connectivity index (χ4n) is 2.96. The topological polar surface area (TPSA) is 108 Å². The Kier molecular flexibility index (Phi) is 5.98. The van der Waals surface area contributed by atoms with Crippen molar-refractivity contribution in [3.8, 4) is 11.3 Å². The molecule has 10 heteroatoms. The smallest absolute Gasteiger partial charge is 0.407 e. The third-order valence-corrected chi connectivity index (χ3v) is 5.01. The lowest BCUT2D eigenvalue weighted by Gasteiger charge is -2.21. The number of halogens is 1. The van der Waals surface area contributed by atoms with Crippen LogP contribution in [-0.4, -0.2) is 64.5 Å². The zero-order valence-corrected chi connectivity index (χ0v) is 17.0. The number of ether oxygens (including phenoxy) is 1. The first-order chi connectivity index (χ1) is 13.4. The fraction of sp³-hybridized carbons (Fsp3) is 0.333. The molecule has 28 heavy (non-hydrogen) atoms. The minimum absolute atomic E-state index is 0.135. The molecule has 3 rings (SSSR count). The summed E-state index contributed by atoms with van der Waals surface area (Å²) in [5.41, 5.74) is 1.67. The van der Waals surface area contributed by atoms with Crippen molar-refractivity contribution in [3.05, 3.63) is 40.8 Å². The Labute approximate surface area is 170 Å². The van der Waals surface area contributed by atoms with Crippen molar-refractivity contribution >= 4 is 33.8 Å². The Bertz CT molecular complexity index is 882. The number of methoxy groups -OCH3 is 1. The van der Waals surface area contributed by atoms with Gasteiger partial charge in [0, 0.05) is 23.2 Å². The molecule has 2 N–H and O–H groups in total. The number of carbonyl (C=O) groups excluding carboxylic acids is 3. The van der Waals surface area contributed by atoms with Gasteiger partial charge in [-0.25, -0.2) is 9.78 Å². The summed E-state index contributed by atoms with van der Waals surface area (Å²) in [6, 6.07) is 7.28. The molecule has 1 fully saturated rings. The van der Waals surface area contributed by atoms with Crippen LogP contribution in [0.25, 0.3) is 11.3 Å². The highest BCUT2D eigenvalue weighted by atomic mass is 79.9. The zero-order valence-electron chi connectivity index (χ0n) is 15.4. The molecule has 1 saturated heterocycles. The number of nitrogens with zero attached hydrogens (tertiary/aromatic N) is 3. The van der Waals surface area contributed by atoms with Gasteiger partial charge in [0.05, 0.1) is 26.0 Å². The van der Waals surface area contributed by atoms with Gasteiger partial charge in [-0.3, -0.25) is 9.59 Å². The maximum Gasteiger partial charge on any atom is 0.407 e. The van der Waals surface area contributed by atoms with Crippen LogP contribution in [0.5, 0.6) is 0 Å². The molecular formula is C18H20BrN5O4. The highest BCUT2D eigenvalue weighted by Crippen LogP contribution is 2.28. The number of carbonyl (C=O) groups is 3. The largest absolute Gasteiger partial charge is 0.453 e. The van der Waals surface area contributed by atoms with Crippen LogP contribution in [0.15, 0.2) is 34.9 Å². The third-order valence-electron chi connectivity index (χ3n) is 4.48. The predicted octanol–water partition coefficient (Wildman–Crippen LogP) is 1.88. The number of aromatic nitrogens is 2. The Morgan fingerprint density at radius 1 is 1.32 bits per heavy atom. The first kappa shape index (κ1) is 19.9. The molecule has 0 aliphatic carbocycles. The molecule has 0 radical (unpaired) electrons. The van der Waals surface area contributed by atoms with Crippen molar-refractivity contribution in [2.45, 2.75) is 13.0 Å². The molecule has 3 amide bonds. The number of rotatable bonds is 4. The van der Waals surface area contributed by atoms with Crippen molar-refractivity contribution in [3.63, 3.8) is 0 Å². The minimum atomic E-state index is -0.692. The van der Waals surface area contributed by atoms with Gasteiger partial charge in [-0.05, 0) is 12.1 Å². The molecule has 1 aromatic carbocycles. The van der Waals surface area contributed by atoms with Crippen LogP contribution in [0.2, 0.25) is 0 Å². The van der Waals surface area contributed by atoms with E-state index in [0.29, 0.717) is 12.4 Å². The number of imidazole rings is 1. The van der Waals surface area contributed by atoms with Crippen molar-refractivity contribution < 1.29 is 19.1 Å². The quantitative estimate of drug-likeness (QED) is 0.740. The van der Waals surface area contributed by atoms with Gasteiger partial charge in [-0.1, -0.05) is 28.1 Å². The van der Waals surface area contributed by atoms with E-state index in [-0.39, 0.29) is 25.0 Å². The van der Waals surface area contributed by atoms with Crippen LogP contribution >= 0.6 is 15.9 Å². The van der Waals surface area contributed by atoms with Crippen LogP contribution in [0.3, 0.4) is 0 Å². The van der Waals surface area contributed by atoms with Gasteiger partial charge in [0.2, 0.25) is 11.8 Å². The molecule has 0 bridgehead atoms. The van der Waals surface area contributed by atoms with E-state index in [2.05, 4.69) is 36.0 Å². The van der Waals surface area contributed by atoms with E-state index in [1.165, 1.54) is 18.9 Å². The third kappa shape index (κ3) is 4.33. The summed E-state index contributed by atoms with van der Waals surface area (Å²) in [5, 5.41) is 2.37. The van der Waals surface area contributed by atoms with E-state index >= 15 is 0 Å². The first-order valence-electron chi connectivity index (χ1n) is 8.57. The summed E-state index contributed by atoms with van der Waals surface area (Å²) in [6.07, 6.45) is 1.08. The molecule has 0 spiro atoms. The molecular weight excluding hydrogens is 430 g/mol. The number of benzene rings is 1. The lowest BCUT2D eigenvalue weighted by Crippen LogP contribution is -2.41. The van der Waals surface area contributed by atoms with Gasteiger partial charge < -0.3 is 24.8 Å². The highest BCUT2D eigenvalue weighted by molar-refractivity contribution is 9.10. The average Bonchev–Trinajstić information content (AvgIpc) is 3.33. The Morgan fingerprint density at radius 3 is 2.68 bits per heavy atom. The number of amides is 3. The molecule has 1 aliphatic rings. The number of hydrogen-bond donors (Lipinski definition) is 2. The van der Waals surface area contributed by atoms with Crippen molar-refractivity contribution in [1.82, 2.24) is 25.1 Å². The van der Waals surface area contributed by atoms with E-state index in [1.807, 2.05) is 24.3 Å². The fourth-order valence-corrected chi connectivity index (χ4v) is 3.22. The van der Waals surface area contributed by atoms with Crippen LogP contribution in [0.1, 0.15) is 18.8 Å². The second-order valence-electron chi connectivity index (χ2n) is 6.29. The maximum atomic E-state index is 12.6. The number of alkyl carbamates (subject to hydrolysis) is 1. The summed E-state index contributed by atoms with van der Waals surface area (Å²) >= 11 is 3.40. The van der Waals surface area contributed by atoms with Crippen molar-refractivity contribution in [2.75, 3.05) is 26.9 Å². The molecule has 0 unspecified atom stereocenters. The van der Waals surface area contributed by atoms with Gasteiger partial charge in [-0.15, -0.1) is 0 Å². The van der Waals surface area contributed by atoms with Crippen LogP contribution < -0.4 is 5.32 Å². The molecule has 2 aromatic rings. The molecule has 1 aromatic heterocycles. The van der Waals surface area contributed by atoms with Gasteiger partial charge >= 0.3 is 6.09 Å². The monoisotopic (exact) mass is 449 g/mol. The number of aromatic amines is 1. The molecule has 2 heterocycles. The van der Waals surface area contributed by atoms with E-state index in [4.69, 9.17) is 0 Å². The normalized spacial score (nSPS) is 16.2. The van der Waals surface area contributed by atoms with E-state index in [0.717, 1.165) is 15.7 Å². The predicted molar refractivity (Wildman–Crippen MR) is 104 cm³/mol. The van der Waals surface area contributed by atoms with Crippen molar-refractivity contribution in [1.29, 1.82) is 0 Å². The molecule has 0 saturated carbocycles. The van der Waals surface area contributed by atoms with Crippen LogP contribution in [0, 0.1) is 0 Å². The lowest BCUT2D eigenvalue weighted by atomic mass is 10.2. The van der Waals surface area contributed by atoms with Crippen LogP contribution in [0.4, 0.5) is 4.79 Å². The molecule has 9 nitrogen and oxygen atoms in total. The van der Waals surface area contributed by atoms with Crippen LogP contribution in [-0.2, 0) is 14.3 Å². The maximum absolute atomic E-state index is 12.6. The van der Waals surface area contributed by atoms with Gasteiger partial charge in [0.25, 0.3) is 0 Å². The molecule has 148 valence electrons. The summed E-state index contributed by atoms with van der Waals surface area (Å²) < 4.78 is 5.45. The van der Waals surface area contributed by atoms with E-state index in [1.54, 1.807) is 11.1 Å². The van der Waals surface area contributed by atoms with Gasteiger partial charge in [-0.2, -0.15) is 0 Å². The van der Waals surface area contributed by atoms with E-state index < -0.39 is 12.1 Å². The Hall–Kier alpha value is -2.88. The second kappa shape index (κ2) is 8.42. The summed E-state index contributed by atoms with van der Waals surface area (Å²) in [6.45, 7) is 1.69. The van der Waals surface area contributed by atoms with Gasteiger partial charge in [0.1, 0.15) is 18.4 Å². The summed E-state index contributed by atoms with van der Waals surface area (Å²) in [4.78, 5) is 46.5. The number of hydrogen-bond acceptors (Lipinski definition) is 5. The minimum Gasteiger partial charge on any atom is -0.453 e. The number of nitrogens with one attached hydrogen (secondary N) is 2. The summed E-state index contributed by atoms with van der Waals surface area (Å²) in [7, 11) is 1.22. The Balaban J connectivity index is 1.80. The SMILES string of the molecule is COC(=O)NCC(=O)N1CN(C(C)=O)C[C@H]1c1nc(-c2ccc(Br)cc2)c[nH]1.